The molecular formula is C20H24F3N3O3S. The smallest absolute Gasteiger partial charge is 0.354 e. The van der Waals surface area contributed by atoms with Crippen LogP contribution < -0.4 is 5.32 Å². The number of sulfone groups is 1. The van der Waals surface area contributed by atoms with Gasteiger partial charge in [-0.15, -0.1) is 0 Å². The van der Waals surface area contributed by atoms with Crippen molar-refractivity contribution < 1.29 is 26.4 Å². The molecule has 0 spiro atoms. The Hall–Kier alpha value is -2.36. The Labute approximate surface area is 173 Å². The Bertz CT molecular complexity index is 1010. The molecule has 2 aromatic rings. The van der Waals surface area contributed by atoms with Crippen LogP contribution in [0.3, 0.4) is 0 Å². The van der Waals surface area contributed by atoms with Gasteiger partial charge in [-0.2, -0.15) is 18.3 Å². The largest absolute Gasteiger partial charge is 0.435 e. The Morgan fingerprint density at radius 1 is 1.23 bits per heavy atom. The molecule has 0 aliphatic heterocycles. The summed E-state index contributed by atoms with van der Waals surface area (Å²) in [6.45, 7) is 3.50. The highest BCUT2D eigenvalue weighted by atomic mass is 32.2. The third-order valence-electron chi connectivity index (χ3n) is 4.98. The van der Waals surface area contributed by atoms with Gasteiger partial charge in [-0.25, -0.2) is 8.42 Å². The Balaban J connectivity index is 1.55. The van der Waals surface area contributed by atoms with Gasteiger partial charge < -0.3 is 5.32 Å². The van der Waals surface area contributed by atoms with E-state index in [9.17, 15) is 26.4 Å². The first kappa shape index (κ1) is 22.3. The molecular weight excluding hydrogens is 419 g/mol. The number of nitrogens with one attached hydrogen (secondary N) is 1. The van der Waals surface area contributed by atoms with Crippen molar-refractivity contribution in [1.82, 2.24) is 15.1 Å². The molecule has 164 valence electrons. The van der Waals surface area contributed by atoms with Crippen molar-refractivity contribution in [3.63, 3.8) is 0 Å². The summed E-state index contributed by atoms with van der Waals surface area (Å²) in [6, 6.07) is 7.21. The zero-order valence-electron chi connectivity index (χ0n) is 16.7. The van der Waals surface area contributed by atoms with E-state index in [0.717, 1.165) is 18.9 Å². The Morgan fingerprint density at radius 2 is 1.87 bits per heavy atom. The highest BCUT2D eigenvalue weighted by Crippen LogP contribution is 2.42. The second-order valence-electron chi connectivity index (χ2n) is 7.71. The number of carbonyl (C=O) groups excluding carboxylic acids is 1. The molecule has 1 aromatic carbocycles. The van der Waals surface area contributed by atoms with E-state index in [4.69, 9.17) is 0 Å². The van der Waals surface area contributed by atoms with E-state index in [2.05, 4.69) is 10.4 Å². The van der Waals surface area contributed by atoms with E-state index in [1.54, 1.807) is 26.0 Å². The zero-order chi connectivity index (χ0) is 22.1. The monoisotopic (exact) mass is 443 g/mol. The SMILES string of the molecule is CC(C)S(=O)(=O)c1ccc(CC(=O)NCCn2nc(C(F)(F)F)cc2C2CC2)cc1. The molecule has 1 heterocycles. The molecule has 1 aromatic heterocycles. The highest BCUT2D eigenvalue weighted by Gasteiger charge is 2.37. The van der Waals surface area contributed by atoms with Gasteiger partial charge in [0, 0.05) is 18.2 Å². The fourth-order valence-corrected chi connectivity index (χ4v) is 4.13. The van der Waals surface area contributed by atoms with Crippen LogP contribution in [0.15, 0.2) is 35.2 Å². The number of halogens is 3. The van der Waals surface area contributed by atoms with Gasteiger partial charge in [-0.05, 0) is 50.5 Å². The molecule has 1 N–H and O–H groups in total. The minimum atomic E-state index is -4.49. The first-order valence-corrected chi connectivity index (χ1v) is 11.3. The van der Waals surface area contributed by atoms with E-state index in [0.29, 0.717) is 11.3 Å². The number of amides is 1. The normalized spacial score (nSPS) is 14.9. The molecule has 1 amide bonds. The molecule has 30 heavy (non-hydrogen) atoms. The van der Waals surface area contributed by atoms with E-state index < -0.39 is 27.0 Å². The van der Waals surface area contributed by atoms with Crippen molar-refractivity contribution >= 4 is 15.7 Å². The van der Waals surface area contributed by atoms with Crippen LogP contribution in [0.25, 0.3) is 0 Å². The lowest BCUT2D eigenvalue weighted by molar-refractivity contribution is -0.141. The van der Waals surface area contributed by atoms with E-state index in [-0.39, 0.29) is 36.2 Å². The van der Waals surface area contributed by atoms with Crippen LogP contribution in [0.1, 0.15) is 49.6 Å². The lowest BCUT2D eigenvalue weighted by Crippen LogP contribution is -2.29. The number of nitrogens with zero attached hydrogens (tertiary/aromatic N) is 2. The molecule has 1 aliphatic carbocycles. The van der Waals surface area contributed by atoms with Crippen LogP contribution in [0.4, 0.5) is 13.2 Å². The van der Waals surface area contributed by atoms with Gasteiger partial charge in [-0.1, -0.05) is 12.1 Å². The van der Waals surface area contributed by atoms with Crippen molar-refractivity contribution in [2.45, 2.75) is 61.9 Å². The predicted molar refractivity (Wildman–Crippen MR) is 105 cm³/mol. The van der Waals surface area contributed by atoms with Gasteiger partial charge >= 0.3 is 6.18 Å². The summed E-state index contributed by atoms with van der Waals surface area (Å²) in [5, 5.41) is 5.80. The summed E-state index contributed by atoms with van der Waals surface area (Å²) in [7, 11) is -3.37. The Kier molecular flexibility index (Phi) is 6.26. The summed E-state index contributed by atoms with van der Waals surface area (Å²) in [5.74, 6) is -0.199. The summed E-state index contributed by atoms with van der Waals surface area (Å²) >= 11 is 0. The molecule has 0 unspecified atom stereocenters. The summed E-state index contributed by atoms with van der Waals surface area (Å²) in [6.07, 6.45) is -2.76. The van der Waals surface area contributed by atoms with Crippen LogP contribution >= 0.6 is 0 Å². The number of benzene rings is 1. The van der Waals surface area contributed by atoms with Crippen molar-refractivity contribution in [2.24, 2.45) is 0 Å². The van der Waals surface area contributed by atoms with Gasteiger partial charge in [0.1, 0.15) is 0 Å². The van der Waals surface area contributed by atoms with Crippen LogP contribution in [-0.4, -0.2) is 35.9 Å². The molecule has 0 saturated heterocycles. The minimum Gasteiger partial charge on any atom is -0.354 e. The highest BCUT2D eigenvalue weighted by molar-refractivity contribution is 7.92. The summed E-state index contributed by atoms with van der Waals surface area (Å²) in [5.41, 5.74) is 0.290. The van der Waals surface area contributed by atoms with Gasteiger partial charge in [-0.3, -0.25) is 9.48 Å². The summed E-state index contributed by atoms with van der Waals surface area (Å²) < 4.78 is 64.3. The molecule has 0 bridgehead atoms. The topological polar surface area (TPSA) is 81.1 Å². The van der Waals surface area contributed by atoms with Crippen molar-refractivity contribution in [1.29, 1.82) is 0 Å². The third kappa shape index (κ3) is 5.21. The average molecular weight is 443 g/mol. The maximum absolute atomic E-state index is 12.9. The molecule has 0 radical (unpaired) electrons. The molecule has 6 nitrogen and oxygen atoms in total. The van der Waals surface area contributed by atoms with Gasteiger partial charge in [0.15, 0.2) is 15.5 Å². The predicted octanol–water partition coefficient (Wildman–Crippen LogP) is 3.32. The Morgan fingerprint density at radius 3 is 2.40 bits per heavy atom. The molecule has 10 heteroatoms. The third-order valence-corrected chi connectivity index (χ3v) is 7.15. The second-order valence-corrected chi connectivity index (χ2v) is 10.2. The van der Waals surface area contributed by atoms with Crippen molar-refractivity contribution in [3.05, 3.63) is 47.3 Å². The number of hydrogen-bond donors (Lipinski definition) is 1. The molecule has 1 saturated carbocycles. The number of alkyl halides is 3. The maximum Gasteiger partial charge on any atom is 0.435 e. The van der Waals surface area contributed by atoms with E-state index in [1.165, 1.54) is 16.8 Å². The molecule has 0 atom stereocenters. The van der Waals surface area contributed by atoms with Crippen LogP contribution in [0.5, 0.6) is 0 Å². The number of hydrogen-bond acceptors (Lipinski definition) is 4. The summed E-state index contributed by atoms with van der Waals surface area (Å²) in [4.78, 5) is 12.4. The maximum atomic E-state index is 12.9. The second kappa shape index (κ2) is 8.41. The van der Waals surface area contributed by atoms with Gasteiger partial charge in [0.05, 0.1) is 23.1 Å². The van der Waals surface area contributed by atoms with E-state index in [1.807, 2.05) is 0 Å². The fourth-order valence-electron chi connectivity index (χ4n) is 3.07. The van der Waals surface area contributed by atoms with Gasteiger partial charge in [0.25, 0.3) is 0 Å². The molecule has 1 fully saturated rings. The lowest BCUT2D eigenvalue weighted by atomic mass is 10.1. The van der Waals surface area contributed by atoms with E-state index >= 15 is 0 Å². The first-order chi connectivity index (χ1) is 14.0. The standard InChI is InChI=1S/C20H24F3N3O3S/c1-13(2)30(28,29)16-7-3-14(4-8-16)11-19(27)24-9-10-26-17(15-5-6-15)12-18(25-26)20(21,22)23/h3-4,7-8,12-13,15H,5-6,9-11H2,1-2H3,(H,24,27). The number of rotatable bonds is 8. The minimum absolute atomic E-state index is 0.0460. The number of carbonyl (C=O) groups is 1. The van der Waals surface area contributed by atoms with Crippen molar-refractivity contribution in [2.75, 3.05) is 6.54 Å². The van der Waals surface area contributed by atoms with Crippen LogP contribution in [0, 0.1) is 0 Å². The number of aromatic nitrogens is 2. The molecule has 1 aliphatic rings. The van der Waals surface area contributed by atoms with Gasteiger partial charge in [0.2, 0.25) is 5.91 Å². The average Bonchev–Trinajstić information content (AvgIpc) is 3.40. The van der Waals surface area contributed by atoms with Crippen LogP contribution in [-0.2, 0) is 33.8 Å². The lowest BCUT2D eigenvalue weighted by Gasteiger charge is -2.10. The van der Waals surface area contributed by atoms with Crippen LogP contribution in [0.2, 0.25) is 0 Å². The molecule has 3 rings (SSSR count). The first-order valence-electron chi connectivity index (χ1n) is 9.73. The quantitative estimate of drug-likeness (QED) is 0.679. The zero-order valence-corrected chi connectivity index (χ0v) is 17.6. The fraction of sp³-hybridized carbons (Fsp3) is 0.500. The van der Waals surface area contributed by atoms with Crippen molar-refractivity contribution in [3.8, 4) is 0 Å².